The third kappa shape index (κ3) is 5.93. The Morgan fingerprint density at radius 3 is 2.50 bits per heavy atom. The molecular weight excluding hydrogens is 519 g/mol. The lowest BCUT2D eigenvalue weighted by Gasteiger charge is -2.26. The maximum Gasteiger partial charge on any atom is 0.412 e. The monoisotopic (exact) mass is 551 g/mol. The van der Waals surface area contributed by atoms with Gasteiger partial charge in [-0.15, -0.1) is 0 Å². The summed E-state index contributed by atoms with van der Waals surface area (Å²) in [6, 6.07) is 20.2. The first kappa shape index (κ1) is 27.6. The number of hydrogen-bond acceptors (Lipinski definition) is 4. The Morgan fingerprint density at radius 1 is 1.00 bits per heavy atom. The highest BCUT2D eigenvalue weighted by Crippen LogP contribution is 2.49. The van der Waals surface area contributed by atoms with Gasteiger partial charge in [-0.2, -0.15) is 13.2 Å². The van der Waals surface area contributed by atoms with Crippen LogP contribution in [0.4, 0.5) is 23.7 Å². The lowest BCUT2D eigenvalue weighted by molar-refractivity contribution is -0.138. The normalized spacial score (nSPS) is 17.8. The molecule has 5 rings (SSSR count). The molecule has 6 nitrogen and oxygen atoms in total. The number of halogens is 3. The first-order valence-electron chi connectivity index (χ1n) is 13.6. The van der Waals surface area contributed by atoms with E-state index in [9.17, 15) is 22.8 Å². The average Bonchev–Trinajstić information content (AvgIpc) is 3.53. The summed E-state index contributed by atoms with van der Waals surface area (Å²) in [6.45, 7) is 1.95. The molecule has 3 aromatic carbocycles. The lowest BCUT2D eigenvalue weighted by Crippen LogP contribution is -2.39. The van der Waals surface area contributed by atoms with Crippen molar-refractivity contribution in [3.8, 4) is 16.9 Å². The van der Waals surface area contributed by atoms with E-state index in [4.69, 9.17) is 4.74 Å². The van der Waals surface area contributed by atoms with Crippen LogP contribution in [-0.4, -0.2) is 43.9 Å². The quantitative estimate of drug-likeness (QED) is 0.351. The minimum absolute atomic E-state index is 0.133. The predicted octanol–water partition coefficient (Wildman–Crippen LogP) is 6.19. The molecule has 1 saturated heterocycles. The topological polar surface area (TPSA) is 70.7 Å². The molecule has 2 aliphatic rings. The molecule has 0 saturated carbocycles. The van der Waals surface area contributed by atoms with E-state index >= 15 is 0 Å². The van der Waals surface area contributed by atoms with E-state index < -0.39 is 30.6 Å². The molecule has 210 valence electrons. The number of rotatable bonds is 8. The molecular formula is C31H32F3N3O3. The molecule has 2 atom stereocenters. The molecule has 0 radical (unpaired) electrons. The van der Waals surface area contributed by atoms with Crippen molar-refractivity contribution in [2.75, 3.05) is 24.5 Å². The fraction of sp³-hybridized carbons (Fsp3) is 0.355. The molecule has 0 spiro atoms. The zero-order chi connectivity index (χ0) is 28.3. The van der Waals surface area contributed by atoms with Crippen molar-refractivity contribution in [1.29, 1.82) is 0 Å². The van der Waals surface area contributed by atoms with Gasteiger partial charge in [-0.05, 0) is 65.3 Å². The summed E-state index contributed by atoms with van der Waals surface area (Å²) in [6.07, 6.45) is -1.81. The van der Waals surface area contributed by atoms with Gasteiger partial charge in [0, 0.05) is 18.8 Å². The van der Waals surface area contributed by atoms with Crippen LogP contribution >= 0.6 is 0 Å². The van der Waals surface area contributed by atoms with Crippen LogP contribution in [0.2, 0.25) is 0 Å². The van der Waals surface area contributed by atoms with Crippen LogP contribution in [0.5, 0.6) is 5.75 Å². The standard InChI is InChI=1S/C31H32F3N3O3/c1-2-3-11-25-26(37-17-16-20(18-37)36-30(39)40-21-9-5-4-6-10-21)15-14-24-22-12-7-8-13-23(22)28(27(24)25)29(38)35-19-31(32,33)34/h4-10,12-15,20,28H,2-3,11,16-19H2,1H3,(H,35,38)(H,36,39). The largest absolute Gasteiger partial charge is 0.412 e. The zero-order valence-corrected chi connectivity index (χ0v) is 22.3. The molecule has 3 aromatic rings. The highest BCUT2D eigenvalue weighted by molar-refractivity contribution is 5.98. The first-order chi connectivity index (χ1) is 19.2. The van der Waals surface area contributed by atoms with Crippen molar-refractivity contribution in [3.63, 3.8) is 0 Å². The van der Waals surface area contributed by atoms with Crippen molar-refractivity contribution < 1.29 is 27.5 Å². The Bertz CT molecular complexity index is 1380. The average molecular weight is 552 g/mol. The number of nitrogens with zero attached hydrogens (tertiary/aromatic N) is 1. The molecule has 1 aliphatic heterocycles. The van der Waals surface area contributed by atoms with Gasteiger partial charge >= 0.3 is 12.3 Å². The number of fused-ring (bicyclic) bond motifs is 3. The van der Waals surface area contributed by atoms with Crippen LogP contribution in [0, 0.1) is 0 Å². The summed E-state index contributed by atoms with van der Waals surface area (Å²) in [7, 11) is 0. The summed E-state index contributed by atoms with van der Waals surface area (Å²) < 4.78 is 44.4. The van der Waals surface area contributed by atoms with Crippen LogP contribution < -0.4 is 20.3 Å². The molecule has 9 heteroatoms. The van der Waals surface area contributed by atoms with Gasteiger partial charge in [0.05, 0.1) is 12.0 Å². The number of anilines is 1. The van der Waals surface area contributed by atoms with Crippen LogP contribution in [-0.2, 0) is 11.2 Å². The third-order valence-corrected chi connectivity index (χ3v) is 7.49. The van der Waals surface area contributed by atoms with Crippen molar-refractivity contribution >= 4 is 17.7 Å². The minimum Gasteiger partial charge on any atom is -0.410 e. The fourth-order valence-corrected chi connectivity index (χ4v) is 5.73. The van der Waals surface area contributed by atoms with E-state index in [0.717, 1.165) is 46.3 Å². The van der Waals surface area contributed by atoms with Gasteiger partial charge in [-0.3, -0.25) is 4.79 Å². The van der Waals surface area contributed by atoms with E-state index in [1.807, 2.05) is 42.5 Å². The Hall–Kier alpha value is -4.01. The van der Waals surface area contributed by atoms with Gasteiger partial charge in [0.15, 0.2) is 0 Å². The van der Waals surface area contributed by atoms with Crippen LogP contribution in [0.15, 0.2) is 66.7 Å². The van der Waals surface area contributed by atoms with Crippen molar-refractivity contribution in [2.45, 2.75) is 50.7 Å². The summed E-state index contributed by atoms with van der Waals surface area (Å²) in [5, 5.41) is 5.07. The number of ether oxygens (including phenoxy) is 1. The molecule has 1 aliphatic carbocycles. The number of hydrogen-bond donors (Lipinski definition) is 2. The van der Waals surface area contributed by atoms with Gasteiger partial charge in [0.2, 0.25) is 5.91 Å². The van der Waals surface area contributed by atoms with E-state index in [0.29, 0.717) is 31.7 Å². The number of amides is 2. The van der Waals surface area contributed by atoms with E-state index in [1.165, 1.54) is 0 Å². The maximum absolute atomic E-state index is 13.3. The third-order valence-electron chi connectivity index (χ3n) is 7.49. The number of benzene rings is 3. The van der Waals surface area contributed by atoms with E-state index in [2.05, 4.69) is 22.5 Å². The van der Waals surface area contributed by atoms with Crippen LogP contribution in [0.25, 0.3) is 11.1 Å². The smallest absolute Gasteiger partial charge is 0.410 e. The van der Waals surface area contributed by atoms with Gasteiger partial charge < -0.3 is 20.3 Å². The lowest BCUT2D eigenvalue weighted by atomic mass is 9.88. The van der Waals surface area contributed by atoms with Crippen LogP contribution in [0.1, 0.15) is 48.8 Å². The van der Waals surface area contributed by atoms with E-state index in [-0.39, 0.29) is 6.04 Å². The van der Waals surface area contributed by atoms with Crippen LogP contribution in [0.3, 0.4) is 0 Å². The van der Waals surface area contributed by atoms with Crippen molar-refractivity contribution in [2.24, 2.45) is 0 Å². The molecule has 2 unspecified atom stereocenters. The molecule has 2 amide bonds. The summed E-state index contributed by atoms with van der Waals surface area (Å²) in [5.74, 6) is -1.01. The number of unbranched alkanes of at least 4 members (excludes halogenated alkanes) is 1. The first-order valence-corrected chi connectivity index (χ1v) is 13.6. The minimum atomic E-state index is -4.50. The second-order valence-corrected chi connectivity index (χ2v) is 10.3. The maximum atomic E-state index is 13.3. The molecule has 1 fully saturated rings. The number of alkyl halides is 3. The molecule has 0 aromatic heterocycles. The van der Waals surface area contributed by atoms with Gasteiger partial charge in [-0.1, -0.05) is 61.9 Å². The Morgan fingerprint density at radius 2 is 1.75 bits per heavy atom. The Balaban J connectivity index is 1.42. The summed E-state index contributed by atoms with van der Waals surface area (Å²) in [4.78, 5) is 28.0. The van der Waals surface area contributed by atoms with Crippen molar-refractivity contribution in [3.05, 3.63) is 83.4 Å². The highest BCUT2D eigenvalue weighted by atomic mass is 19.4. The van der Waals surface area contributed by atoms with E-state index in [1.54, 1.807) is 24.3 Å². The van der Waals surface area contributed by atoms with Crippen molar-refractivity contribution in [1.82, 2.24) is 10.6 Å². The molecule has 40 heavy (non-hydrogen) atoms. The van der Waals surface area contributed by atoms with Gasteiger partial charge in [0.25, 0.3) is 0 Å². The Labute approximate surface area is 231 Å². The SMILES string of the molecule is CCCCc1c(N2CCC(NC(=O)Oc3ccccc3)C2)ccc2c1C(C(=O)NCC(F)(F)F)c1ccccc1-2. The summed E-state index contributed by atoms with van der Waals surface area (Å²) in [5.41, 5.74) is 5.20. The van der Waals surface area contributed by atoms with Gasteiger partial charge in [-0.25, -0.2) is 4.79 Å². The number of carbonyl (C=O) groups excluding carboxylic acids is 2. The fourth-order valence-electron chi connectivity index (χ4n) is 5.73. The molecule has 0 bridgehead atoms. The highest BCUT2D eigenvalue weighted by Gasteiger charge is 2.39. The molecule has 2 N–H and O–H groups in total. The zero-order valence-electron chi connectivity index (χ0n) is 22.3. The number of carbonyl (C=O) groups is 2. The summed E-state index contributed by atoms with van der Waals surface area (Å²) >= 11 is 0. The second kappa shape index (κ2) is 11.6. The molecule has 1 heterocycles. The predicted molar refractivity (Wildman–Crippen MR) is 148 cm³/mol. The number of nitrogens with one attached hydrogen (secondary N) is 2. The Kier molecular flexibility index (Phi) is 8.00. The second-order valence-electron chi connectivity index (χ2n) is 10.3. The van der Waals surface area contributed by atoms with Gasteiger partial charge in [0.1, 0.15) is 12.3 Å². The number of para-hydroxylation sites is 1.